The lowest BCUT2D eigenvalue weighted by atomic mass is 10.4. The second-order valence-electron chi connectivity index (χ2n) is 2.73. The van der Waals surface area contributed by atoms with E-state index in [1.165, 1.54) is 0 Å². The first-order chi connectivity index (χ1) is 6.45. The minimum atomic E-state index is -2.29. The number of esters is 1. The van der Waals surface area contributed by atoms with Crippen molar-refractivity contribution in [1.29, 1.82) is 0 Å². The maximum absolute atomic E-state index is 11.0. The first-order valence-corrected chi connectivity index (χ1v) is 8.35. The lowest BCUT2D eigenvalue weighted by molar-refractivity contribution is -0.138. The summed E-state index contributed by atoms with van der Waals surface area (Å²) < 4.78 is 15.2. The zero-order valence-corrected chi connectivity index (χ0v) is 11.2. The van der Waals surface area contributed by atoms with Crippen molar-refractivity contribution in [3.63, 3.8) is 0 Å². The monoisotopic (exact) mass is 282 g/mol. The molecular formula is C8H15BrO4Si. The molecule has 0 spiro atoms. The fraction of sp³-hybridized carbons (Fsp3) is 0.625. The van der Waals surface area contributed by atoms with E-state index in [1.807, 2.05) is 0 Å². The molecule has 0 unspecified atom stereocenters. The number of carbonyl (C=O) groups excluding carboxylic acids is 1. The van der Waals surface area contributed by atoms with Crippen LogP contribution in [0.15, 0.2) is 12.2 Å². The Hall–Kier alpha value is -0.173. The summed E-state index contributed by atoms with van der Waals surface area (Å²) in [6, 6.07) is 0.541. The van der Waals surface area contributed by atoms with Crippen LogP contribution in [-0.4, -0.2) is 34.0 Å². The molecule has 0 N–H and O–H groups in total. The first kappa shape index (κ1) is 13.8. The Balaban J connectivity index is 3.83. The van der Waals surface area contributed by atoms with Crippen molar-refractivity contribution in [2.75, 3.05) is 20.8 Å². The summed E-state index contributed by atoms with van der Waals surface area (Å²) in [5, 5.41) is 0. The molecule has 0 bridgehead atoms. The van der Waals surface area contributed by atoms with Crippen LogP contribution in [0.2, 0.25) is 6.04 Å². The van der Waals surface area contributed by atoms with Gasteiger partial charge in [-0.25, -0.2) is 4.79 Å². The van der Waals surface area contributed by atoms with Crippen LogP contribution in [0.1, 0.15) is 6.92 Å². The fourth-order valence-corrected chi connectivity index (χ4v) is 2.08. The molecule has 14 heavy (non-hydrogen) atoms. The minimum Gasteiger partial charge on any atom is -0.462 e. The summed E-state index contributed by atoms with van der Waals surface area (Å²) >= 11 is 3.35. The van der Waals surface area contributed by atoms with Crippen LogP contribution in [0.25, 0.3) is 0 Å². The number of hydrogen-bond donors (Lipinski definition) is 0. The van der Waals surface area contributed by atoms with Crippen molar-refractivity contribution in [3.8, 4) is 0 Å². The van der Waals surface area contributed by atoms with E-state index < -0.39 is 7.18 Å². The Labute approximate surface area is 93.1 Å². The molecule has 0 saturated heterocycles. The third kappa shape index (κ3) is 4.90. The van der Waals surface area contributed by atoms with Crippen molar-refractivity contribution >= 4 is 28.4 Å². The summed E-state index contributed by atoms with van der Waals surface area (Å²) in [6.07, 6.45) is 0. The van der Waals surface area contributed by atoms with Gasteiger partial charge in [0.2, 0.25) is 0 Å². The number of hydrogen-bond acceptors (Lipinski definition) is 4. The summed E-state index contributed by atoms with van der Waals surface area (Å²) in [4.78, 5) is 11.0. The van der Waals surface area contributed by atoms with Gasteiger partial charge in [-0.2, -0.15) is 0 Å². The van der Waals surface area contributed by atoms with Gasteiger partial charge >= 0.3 is 13.1 Å². The molecule has 0 aromatic heterocycles. The van der Waals surface area contributed by atoms with Gasteiger partial charge in [-0.05, 0) is 6.92 Å². The summed E-state index contributed by atoms with van der Waals surface area (Å²) in [6.45, 7) is 5.35. The highest BCUT2D eigenvalue weighted by Gasteiger charge is 2.32. The van der Waals surface area contributed by atoms with Gasteiger partial charge in [-0.3, -0.25) is 0 Å². The van der Waals surface area contributed by atoms with Gasteiger partial charge in [-0.1, -0.05) is 21.9 Å². The van der Waals surface area contributed by atoms with Gasteiger partial charge in [0.25, 0.3) is 0 Å². The topological polar surface area (TPSA) is 44.8 Å². The number of ether oxygens (including phenoxy) is 1. The quantitative estimate of drug-likeness (QED) is 0.322. The average molecular weight is 283 g/mol. The number of rotatable bonds is 6. The Morgan fingerprint density at radius 1 is 1.43 bits per heavy atom. The Morgan fingerprint density at radius 2 is 1.93 bits per heavy atom. The van der Waals surface area contributed by atoms with Crippen molar-refractivity contribution in [2.24, 2.45) is 0 Å². The molecule has 0 amide bonds. The molecule has 6 heteroatoms. The normalized spacial score (nSPS) is 11.1. The first-order valence-electron chi connectivity index (χ1n) is 4.07. The van der Waals surface area contributed by atoms with Crippen LogP contribution >= 0.6 is 15.3 Å². The van der Waals surface area contributed by atoms with Gasteiger partial charge in [0.1, 0.15) is 0 Å². The van der Waals surface area contributed by atoms with E-state index in [1.54, 1.807) is 21.1 Å². The van der Waals surface area contributed by atoms with Crippen LogP contribution in [0.5, 0.6) is 0 Å². The van der Waals surface area contributed by atoms with E-state index in [0.717, 1.165) is 0 Å². The van der Waals surface area contributed by atoms with Crippen LogP contribution in [0.3, 0.4) is 0 Å². The standard InChI is InChI=1S/C8H15BrO4Si/c1-7(2)8(10)13-5-6-14(9,11-3)12-4/h1,5-6H2,2-4H3. The highest BCUT2D eigenvalue weighted by atomic mass is 79.9. The summed E-state index contributed by atoms with van der Waals surface area (Å²) in [5.41, 5.74) is 0.390. The van der Waals surface area contributed by atoms with Gasteiger partial charge in [-0.15, -0.1) is 0 Å². The molecule has 0 aliphatic rings. The van der Waals surface area contributed by atoms with Crippen molar-refractivity contribution in [1.82, 2.24) is 0 Å². The number of carbonyl (C=O) groups is 1. The molecule has 82 valence electrons. The largest absolute Gasteiger partial charge is 0.462 e. The average Bonchev–Trinajstić information content (AvgIpc) is 2.17. The van der Waals surface area contributed by atoms with E-state index in [-0.39, 0.29) is 12.6 Å². The maximum Gasteiger partial charge on any atom is 0.417 e. The molecule has 0 rings (SSSR count). The zero-order valence-electron chi connectivity index (χ0n) is 8.63. The van der Waals surface area contributed by atoms with E-state index in [9.17, 15) is 4.79 Å². The van der Waals surface area contributed by atoms with E-state index in [4.69, 9.17) is 13.6 Å². The molecule has 4 nitrogen and oxygen atoms in total. The highest BCUT2D eigenvalue weighted by Crippen LogP contribution is 2.19. The predicted molar refractivity (Wildman–Crippen MR) is 59.3 cm³/mol. The third-order valence-corrected chi connectivity index (χ3v) is 6.74. The lowest BCUT2D eigenvalue weighted by Gasteiger charge is -2.19. The predicted octanol–water partition coefficient (Wildman–Crippen LogP) is 1.73. The number of halogens is 1. The molecule has 0 heterocycles. The van der Waals surface area contributed by atoms with E-state index in [2.05, 4.69) is 21.9 Å². The molecule has 0 saturated carbocycles. The highest BCUT2D eigenvalue weighted by molar-refractivity contribution is 9.25. The molecule has 0 aliphatic heterocycles. The van der Waals surface area contributed by atoms with Crippen LogP contribution in [0.4, 0.5) is 0 Å². The second-order valence-corrected chi connectivity index (χ2v) is 9.00. The molecular weight excluding hydrogens is 268 g/mol. The summed E-state index contributed by atoms with van der Waals surface area (Å²) in [5.74, 6) is -0.388. The fourth-order valence-electron chi connectivity index (χ4n) is 0.676. The maximum atomic E-state index is 11.0. The van der Waals surface area contributed by atoms with Gasteiger partial charge in [0.15, 0.2) is 0 Å². The van der Waals surface area contributed by atoms with Gasteiger partial charge < -0.3 is 13.6 Å². The van der Waals surface area contributed by atoms with Crippen LogP contribution < -0.4 is 0 Å². The Morgan fingerprint density at radius 3 is 2.29 bits per heavy atom. The van der Waals surface area contributed by atoms with Crippen molar-refractivity contribution in [3.05, 3.63) is 12.2 Å². The summed E-state index contributed by atoms with van der Waals surface area (Å²) in [7, 11) is 0.828. The molecule has 0 aromatic rings. The minimum absolute atomic E-state index is 0.269. The van der Waals surface area contributed by atoms with Gasteiger partial charge in [0, 0.05) is 25.8 Å². The lowest BCUT2D eigenvalue weighted by Crippen LogP contribution is -2.34. The molecule has 0 aliphatic carbocycles. The molecule has 0 fully saturated rings. The zero-order chi connectivity index (χ0) is 11.2. The molecule has 0 radical (unpaired) electrons. The molecule has 0 atom stereocenters. The van der Waals surface area contributed by atoms with E-state index >= 15 is 0 Å². The molecule has 0 aromatic carbocycles. The van der Waals surface area contributed by atoms with E-state index in [0.29, 0.717) is 11.6 Å². The smallest absolute Gasteiger partial charge is 0.417 e. The van der Waals surface area contributed by atoms with Crippen molar-refractivity contribution in [2.45, 2.75) is 13.0 Å². The third-order valence-electron chi connectivity index (χ3n) is 1.59. The van der Waals surface area contributed by atoms with Crippen LogP contribution in [-0.2, 0) is 18.4 Å². The van der Waals surface area contributed by atoms with Gasteiger partial charge in [0.05, 0.1) is 6.61 Å². The SMILES string of the molecule is C=C(C)C(=O)OCC[Si](Br)(OC)OC. The van der Waals surface area contributed by atoms with Crippen LogP contribution in [0, 0.1) is 0 Å². The Kier molecular flexibility index (Phi) is 6.26. The Bertz CT molecular complexity index is 215. The second kappa shape index (κ2) is 6.34. The van der Waals surface area contributed by atoms with Crippen molar-refractivity contribution < 1.29 is 18.4 Å².